The fourth-order valence-corrected chi connectivity index (χ4v) is 4.23. The molecule has 35 heavy (non-hydrogen) atoms. The molecule has 0 fully saturated rings. The summed E-state index contributed by atoms with van der Waals surface area (Å²) in [5.41, 5.74) is 13.1. The molecule has 0 aliphatic heterocycles. The van der Waals surface area contributed by atoms with Crippen molar-refractivity contribution in [1.29, 1.82) is 5.26 Å². The number of halogens is 1. The normalized spacial score (nSPS) is 12.2. The number of rotatable bonds is 6. The van der Waals surface area contributed by atoms with Gasteiger partial charge in [0, 0.05) is 36.1 Å². The summed E-state index contributed by atoms with van der Waals surface area (Å²) in [6.07, 6.45) is 1.29. The second-order valence-corrected chi connectivity index (χ2v) is 7.63. The van der Waals surface area contributed by atoms with Gasteiger partial charge >= 0.3 is 0 Å². The molecule has 4 aromatic rings. The summed E-state index contributed by atoms with van der Waals surface area (Å²) >= 11 is 0. The average Bonchev–Trinajstić information content (AvgIpc) is 2.87. The van der Waals surface area contributed by atoms with E-state index in [2.05, 4.69) is 21.3 Å². The Bertz CT molecular complexity index is 1610. The van der Waals surface area contributed by atoms with Crippen LogP contribution in [0.3, 0.4) is 0 Å². The van der Waals surface area contributed by atoms with Crippen LogP contribution < -0.4 is 21.8 Å². The molecule has 176 valence electrons. The van der Waals surface area contributed by atoms with Gasteiger partial charge in [-0.3, -0.25) is 9.79 Å². The van der Waals surface area contributed by atoms with Crippen LogP contribution in [0.2, 0.25) is 0 Å². The maximum atomic E-state index is 15.4. The molecule has 0 atom stereocenters. The number of ether oxygens (including phenoxy) is 1. The van der Waals surface area contributed by atoms with Crippen LogP contribution in [-0.4, -0.2) is 29.6 Å². The van der Waals surface area contributed by atoms with Gasteiger partial charge in [0.1, 0.15) is 17.6 Å². The van der Waals surface area contributed by atoms with Crippen LogP contribution in [0.5, 0.6) is 5.75 Å². The number of aliphatic imine (C=N–C) groups is 1. The van der Waals surface area contributed by atoms with Gasteiger partial charge < -0.3 is 16.2 Å². The predicted molar refractivity (Wildman–Crippen MR) is 135 cm³/mol. The van der Waals surface area contributed by atoms with Crippen LogP contribution in [0.25, 0.3) is 27.1 Å². The molecule has 1 heterocycles. The number of nitrogens with one attached hydrogen (secondary N) is 1. The van der Waals surface area contributed by atoms with Crippen molar-refractivity contribution in [2.45, 2.75) is 13.5 Å². The first-order valence-electron chi connectivity index (χ1n) is 10.9. The molecule has 3 aromatic carbocycles. The molecule has 1 aromatic heterocycles. The molecule has 0 saturated heterocycles. The van der Waals surface area contributed by atoms with E-state index in [0.717, 1.165) is 0 Å². The molecule has 5 N–H and O–H groups in total. The van der Waals surface area contributed by atoms with Gasteiger partial charge in [0.05, 0.1) is 34.5 Å². The zero-order valence-corrected chi connectivity index (χ0v) is 19.2. The zero-order chi connectivity index (χ0) is 25.1. The summed E-state index contributed by atoms with van der Waals surface area (Å²) in [7, 11) is 1.50. The molecule has 0 spiro atoms. The van der Waals surface area contributed by atoms with Crippen LogP contribution in [0.15, 0.2) is 58.5 Å². The number of nitrogens with two attached hydrogens (primary N) is 2. The Labute approximate surface area is 200 Å². The van der Waals surface area contributed by atoms with Crippen LogP contribution >= 0.6 is 0 Å². The summed E-state index contributed by atoms with van der Waals surface area (Å²) in [6, 6.07) is 13.9. The van der Waals surface area contributed by atoms with Gasteiger partial charge in [-0.05, 0) is 36.1 Å². The van der Waals surface area contributed by atoms with E-state index in [4.69, 9.17) is 16.2 Å². The van der Waals surface area contributed by atoms with Crippen LogP contribution in [0, 0.1) is 17.1 Å². The lowest BCUT2D eigenvalue weighted by atomic mass is 9.89. The third kappa shape index (κ3) is 4.00. The number of hydrogen-bond donors (Lipinski definition) is 3. The molecule has 0 aliphatic rings. The molecule has 9 heteroatoms. The van der Waals surface area contributed by atoms with E-state index in [-0.39, 0.29) is 23.4 Å². The van der Waals surface area contributed by atoms with E-state index in [9.17, 15) is 10.1 Å². The molecule has 0 aliphatic carbocycles. The van der Waals surface area contributed by atoms with Crippen molar-refractivity contribution < 1.29 is 9.13 Å². The van der Waals surface area contributed by atoms with Crippen molar-refractivity contribution in [3.8, 4) is 11.8 Å². The van der Waals surface area contributed by atoms with Crippen molar-refractivity contribution in [2.24, 2.45) is 16.5 Å². The number of aromatic nitrogens is 2. The van der Waals surface area contributed by atoms with Crippen LogP contribution in [-0.2, 0) is 6.54 Å². The van der Waals surface area contributed by atoms with E-state index >= 15 is 4.39 Å². The second-order valence-electron chi connectivity index (χ2n) is 7.63. The third-order valence-corrected chi connectivity index (χ3v) is 5.73. The number of aromatic amines is 1. The second kappa shape index (κ2) is 9.75. The summed E-state index contributed by atoms with van der Waals surface area (Å²) in [4.78, 5) is 16.9. The Morgan fingerprint density at radius 1 is 1.29 bits per heavy atom. The lowest BCUT2D eigenvalue weighted by molar-refractivity contribution is 0.344. The Kier molecular flexibility index (Phi) is 6.57. The smallest absolute Gasteiger partial charge is 0.275 e. The molecule has 0 saturated carbocycles. The van der Waals surface area contributed by atoms with Gasteiger partial charge in [0.15, 0.2) is 0 Å². The lowest BCUT2D eigenvalue weighted by Gasteiger charge is -2.17. The minimum Gasteiger partial charge on any atom is -0.493 e. The first-order valence-corrected chi connectivity index (χ1v) is 10.9. The lowest BCUT2D eigenvalue weighted by Crippen LogP contribution is -2.16. The molecule has 0 bridgehead atoms. The number of allylic oxidation sites excluding steroid dienone is 1. The van der Waals surface area contributed by atoms with E-state index in [1.54, 1.807) is 43.3 Å². The topological polar surface area (TPSA) is 143 Å². The summed E-state index contributed by atoms with van der Waals surface area (Å²) < 4.78 is 21.2. The SMILES string of the molecule is CCOc1cc(/C(=C/N)C(=NC)c2c(F)cc3ccccc3c2C#N)cc2c(CN)n[nH]c(=O)c12. The predicted octanol–water partition coefficient (Wildman–Crippen LogP) is 3.36. The first-order chi connectivity index (χ1) is 17.0. The highest BCUT2D eigenvalue weighted by Crippen LogP contribution is 2.34. The van der Waals surface area contributed by atoms with Crippen molar-refractivity contribution in [2.75, 3.05) is 13.7 Å². The fourth-order valence-electron chi connectivity index (χ4n) is 4.23. The van der Waals surface area contributed by atoms with E-state index in [1.165, 1.54) is 19.3 Å². The monoisotopic (exact) mass is 470 g/mol. The summed E-state index contributed by atoms with van der Waals surface area (Å²) in [5, 5.41) is 18.4. The minimum absolute atomic E-state index is 0.0338. The number of nitriles is 1. The molecule has 0 amide bonds. The van der Waals surface area contributed by atoms with Gasteiger partial charge in [-0.15, -0.1) is 0 Å². The highest BCUT2D eigenvalue weighted by Gasteiger charge is 2.23. The molecule has 0 unspecified atom stereocenters. The number of benzene rings is 3. The van der Waals surface area contributed by atoms with Crippen molar-refractivity contribution in [1.82, 2.24) is 10.2 Å². The van der Waals surface area contributed by atoms with Crippen molar-refractivity contribution in [3.63, 3.8) is 0 Å². The fraction of sp³-hybridized carbons (Fsp3) is 0.154. The minimum atomic E-state index is -0.605. The van der Waals surface area contributed by atoms with Gasteiger partial charge in [-0.2, -0.15) is 10.4 Å². The number of hydrogen-bond acceptors (Lipinski definition) is 7. The molecular formula is C26H23FN6O2. The number of H-pyrrole nitrogens is 1. The Morgan fingerprint density at radius 2 is 2.06 bits per heavy atom. The Morgan fingerprint density at radius 3 is 2.71 bits per heavy atom. The maximum absolute atomic E-state index is 15.4. The van der Waals surface area contributed by atoms with E-state index < -0.39 is 11.4 Å². The Hall–Kier alpha value is -4.55. The third-order valence-electron chi connectivity index (χ3n) is 5.73. The standard InChI is InChI=1S/C26H23FN6O2/c1-3-35-22-10-15(8-17-21(13-30)32-33-26(34)24(17)22)18(11-28)25(31-2)23-19(12-29)16-7-5-4-6-14(16)9-20(23)27/h4-11H,3,13,28,30H2,1-2H3,(H,33,34)/b18-11-,31-25?. The summed E-state index contributed by atoms with van der Waals surface area (Å²) in [5.74, 6) is -0.306. The van der Waals surface area contributed by atoms with Gasteiger partial charge in [-0.25, -0.2) is 9.49 Å². The van der Waals surface area contributed by atoms with E-state index in [1.807, 2.05) is 0 Å². The molecule has 0 radical (unpaired) electrons. The molecule has 4 rings (SSSR count). The summed E-state index contributed by atoms with van der Waals surface area (Å²) in [6.45, 7) is 2.16. The van der Waals surface area contributed by atoms with Gasteiger partial charge in [0.2, 0.25) is 0 Å². The number of fused-ring (bicyclic) bond motifs is 2. The number of nitrogens with zero attached hydrogens (tertiary/aromatic N) is 3. The highest BCUT2D eigenvalue weighted by atomic mass is 19.1. The first kappa shape index (κ1) is 23.6. The van der Waals surface area contributed by atoms with E-state index in [0.29, 0.717) is 50.7 Å². The highest BCUT2D eigenvalue weighted by molar-refractivity contribution is 6.33. The van der Waals surface area contributed by atoms with Crippen molar-refractivity contribution in [3.05, 3.63) is 87.2 Å². The van der Waals surface area contributed by atoms with Crippen molar-refractivity contribution >= 4 is 32.8 Å². The van der Waals surface area contributed by atoms with Crippen LogP contribution in [0.4, 0.5) is 4.39 Å². The maximum Gasteiger partial charge on any atom is 0.275 e. The van der Waals surface area contributed by atoms with Gasteiger partial charge in [-0.1, -0.05) is 24.3 Å². The van der Waals surface area contributed by atoms with Gasteiger partial charge in [0.25, 0.3) is 5.56 Å². The zero-order valence-electron chi connectivity index (χ0n) is 19.2. The largest absolute Gasteiger partial charge is 0.493 e. The molecule has 8 nitrogen and oxygen atoms in total. The Balaban J connectivity index is 2.02. The average molecular weight is 471 g/mol. The molecular weight excluding hydrogens is 447 g/mol. The quantitative estimate of drug-likeness (QED) is 0.369. The van der Waals surface area contributed by atoms with Crippen LogP contribution in [0.1, 0.15) is 29.3 Å².